The van der Waals surface area contributed by atoms with Crippen LogP contribution >= 0.6 is 0 Å². The molecule has 172 valence electrons. The van der Waals surface area contributed by atoms with Gasteiger partial charge in [-0.2, -0.15) is 0 Å². The first kappa shape index (κ1) is 23.6. The number of fused-ring (bicyclic) bond motifs is 1. The van der Waals surface area contributed by atoms with Gasteiger partial charge >= 0.3 is 0 Å². The molecule has 0 saturated carbocycles. The Morgan fingerprint density at radius 3 is 2.03 bits per heavy atom. The van der Waals surface area contributed by atoms with E-state index in [9.17, 15) is 13.2 Å². The summed E-state index contributed by atoms with van der Waals surface area (Å²) < 4.78 is 47.2. The number of ether oxygens (including phenoxy) is 1. The molecule has 0 amide bonds. The van der Waals surface area contributed by atoms with Crippen LogP contribution in [0.2, 0.25) is 0 Å². The van der Waals surface area contributed by atoms with Crippen molar-refractivity contribution in [2.75, 3.05) is 13.7 Å². The van der Waals surface area contributed by atoms with Crippen molar-refractivity contribution in [3.8, 4) is 11.8 Å². The number of benzene rings is 4. The molecule has 4 heteroatoms. The number of halogens is 3. The Kier molecular flexibility index (Phi) is 7.67. The highest BCUT2D eigenvalue weighted by molar-refractivity contribution is 5.84. The molecule has 0 N–H and O–H groups in total. The smallest absolute Gasteiger partial charge is 0.129 e. The van der Waals surface area contributed by atoms with Crippen molar-refractivity contribution in [2.45, 2.75) is 25.7 Å². The highest BCUT2D eigenvalue weighted by Gasteiger charge is 2.11. The quantitative estimate of drug-likeness (QED) is 0.214. The molecule has 0 spiro atoms. The minimum absolute atomic E-state index is 0.121. The molecular weight excluding hydrogens is 433 g/mol. The highest BCUT2D eigenvalue weighted by Crippen LogP contribution is 2.20. The van der Waals surface area contributed by atoms with Crippen LogP contribution in [0.1, 0.15) is 34.2 Å². The van der Waals surface area contributed by atoms with Crippen LogP contribution in [-0.2, 0) is 24.0 Å². The van der Waals surface area contributed by atoms with E-state index in [4.69, 9.17) is 4.74 Å². The van der Waals surface area contributed by atoms with E-state index in [-0.39, 0.29) is 11.4 Å². The van der Waals surface area contributed by atoms with E-state index >= 15 is 0 Å². The average molecular weight is 459 g/mol. The molecule has 0 saturated heterocycles. The highest BCUT2D eigenvalue weighted by atomic mass is 19.1. The van der Waals surface area contributed by atoms with Gasteiger partial charge in [0.05, 0.1) is 0 Å². The fraction of sp³-hybridized carbons (Fsp3) is 0.200. The lowest BCUT2D eigenvalue weighted by molar-refractivity contribution is 0.195. The summed E-state index contributed by atoms with van der Waals surface area (Å²) in [4.78, 5) is 0. The molecular formula is C30H25F3O. The Morgan fingerprint density at radius 2 is 1.29 bits per heavy atom. The molecule has 0 aromatic heterocycles. The standard InChI is InChI=1S/C30H25F3O/c1-34-16-2-3-24-18-29(32)28(30(33)19-24)15-11-22-6-4-21(5-7-22)8-9-23-10-12-26-20-27(31)14-13-25(26)17-23/h4-7,10,12-14,17-20H,2-3,11,15-16H2,1H3. The molecule has 0 aliphatic heterocycles. The lowest BCUT2D eigenvalue weighted by Gasteiger charge is -2.09. The summed E-state index contributed by atoms with van der Waals surface area (Å²) in [5.41, 5.74) is 3.45. The summed E-state index contributed by atoms with van der Waals surface area (Å²) in [6, 6.07) is 20.9. The Labute approximate surface area is 198 Å². The lowest BCUT2D eigenvalue weighted by atomic mass is 10.00. The van der Waals surface area contributed by atoms with E-state index in [2.05, 4.69) is 11.8 Å². The average Bonchev–Trinajstić information content (AvgIpc) is 2.83. The minimum atomic E-state index is -0.493. The van der Waals surface area contributed by atoms with Crippen molar-refractivity contribution in [3.63, 3.8) is 0 Å². The second-order valence-electron chi connectivity index (χ2n) is 8.29. The van der Waals surface area contributed by atoms with Gasteiger partial charge in [-0.05, 0) is 96.1 Å². The fourth-order valence-electron chi connectivity index (χ4n) is 3.92. The van der Waals surface area contributed by atoms with Gasteiger partial charge in [0.25, 0.3) is 0 Å². The van der Waals surface area contributed by atoms with Crippen LogP contribution in [0.15, 0.2) is 72.8 Å². The van der Waals surface area contributed by atoms with Crippen molar-refractivity contribution in [1.82, 2.24) is 0 Å². The van der Waals surface area contributed by atoms with Crippen LogP contribution in [0.3, 0.4) is 0 Å². The molecule has 0 bridgehead atoms. The van der Waals surface area contributed by atoms with Crippen LogP contribution in [0.25, 0.3) is 10.8 Å². The van der Waals surface area contributed by atoms with Gasteiger partial charge in [-0.1, -0.05) is 36.1 Å². The molecule has 1 nitrogen and oxygen atoms in total. The van der Waals surface area contributed by atoms with Gasteiger partial charge in [-0.25, -0.2) is 13.2 Å². The molecule has 4 rings (SSSR count). The van der Waals surface area contributed by atoms with Crippen LogP contribution in [0.4, 0.5) is 13.2 Å². The normalized spacial score (nSPS) is 10.8. The first-order chi connectivity index (χ1) is 16.5. The molecule has 0 aliphatic rings. The second-order valence-corrected chi connectivity index (χ2v) is 8.29. The summed E-state index contributed by atoms with van der Waals surface area (Å²) in [6.07, 6.45) is 2.14. The molecule has 34 heavy (non-hydrogen) atoms. The Morgan fingerprint density at radius 1 is 0.647 bits per heavy atom. The SMILES string of the molecule is COCCCc1cc(F)c(CCc2ccc(C#Cc3ccc4cc(F)ccc4c3)cc2)c(F)c1. The number of methoxy groups -OCH3 is 1. The van der Waals surface area contributed by atoms with Gasteiger partial charge in [0.2, 0.25) is 0 Å². The largest absolute Gasteiger partial charge is 0.385 e. The van der Waals surface area contributed by atoms with Gasteiger partial charge in [-0.15, -0.1) is 0 Å². The molecule has 0 unspecified atom stereocenters. The zero-order chi connectivity index (χ0) is 23.9. The molecule has 4 aromatic rings. The first-order valence-corrected chi connectivity index (χ1v) is 11.3. The van der Waals surface area contributed by atoms with Gasteiger partial charge < -0.3 is 4.74 Å². The minimum Gasteiger partial charge on any atom is -0.385 e. The summed E-state index contributed by atoms with van der Waals surface area (Å²) in [5, 5.41) is 1.77. The van der Waals surface area contributed by atoms with E-state index < -0.39 is 11.6 Å². The van der Waals surface area contributed by atoms with Crippen molar-refractivity contribution in [3.05, 3.63) is 118 Å². The van der Waals surface area contributed by atoms with Crippen LogP contribution in [-0.4, -0.2) is 13.7 Å². The second kappa shape index (κ2) is 11.0. The molecule has 0 fully saturated rings. The maximum absolute atomic E-state index is 14.5. The third-order valence-electron chi connectivity index (χ3n) is 5.79. The fourth-order valence-corrected chi connectivity index (χ4v) is 3.92. The van der Waals surface area contributed by atoms with Crippen LogP contribution in [0.5, 0.6) is 0 Å². The number of hydrogen-bond donors (Lipinski definition) is 0. The predicted octanol–water partition coefficient (Wildman–Crippen LogP) is 7.02. The molecule has 0 atom stereocenters. The zero-order valence-electron chi connectivity index (χ0n) is 19.0. The van der Waals surface area contributed by atoms with Crippen LogP contribution < -0.4 is 0 Å². The number of hydrogen-bond acceptors (Lipinski definition) is 1. The predicted molar refractivity (Wildman–Crippen MR) is 130 cm³/mol. The third kappa shape index (κ3) is 6.07. The zero-order valence-corrected chi connectivity index (χ0v) is 19.0. The van der Waals surface area contributed by atoms with E-state index in [1.54, 1.807) is 13.2 Å². The van der Waals surface area contributed by atoms with Gasteiger partial charge in [0.1, 0.15) is 17.5 Å². The first-order valence-electron chi connectivity index (χ1n) is 11.3. The maximum atomic E-state index is 14.5. The van der Waals surface area contributed by atoms with Crippen molar-refractivity contribution < 1.29 is 17.9 Å². The van der Waals surface area contributed by atoms with Gasteiger partial charge in [0.15, 0.2) is 0 Å². The monoisotopic (exact) mass is 458 g/mol. The van der Waals surface area contributed by atoms with Crippen LogP contribution in [0, 0.1) is 29.3 Å². The molecule has 0 radical (unpaired) electrons. The number of rotatable bonds is 7. The topological polar surface area (TPSA) is 9.23 Å². The van der Waals surface area contributed by atoms with Crippen molar-refractivity contribution >= 4 is 10.8 Å². The Bertz CT molecular complexity index is 1320. The summed E-state index contributed by atoms with van der Waals surface area (Å²) >= 11 is 0. The van der Waals surface area contributed by atoms with E-state index in [0.717, 1.165) is 33.9 Å². The van der Waals surface area contributed by atoms with Gasteiger partial charge in [-0.3, -0.25) is 0 Å². The van der Waals surface area contributed by atoms with Gasteiger partial charge in [0, 0.05) is 30.4 Å². The summed E-state index contributed by atoms with van der Waals surface area (Å²) in [7, 11) is 1.61. The maximum Gasteiger partial charge on any atom is 0.129 e. The number of aryl methyl sites for hydroxylation is 2. The molecule has 0 heterocycles. The van der Waals surface area contributed by atoms with Crippen molar-refractivity contribution in [2.24, 2.45) is 0 Å². The lowest BCUT2D eigenvalue weighted by Crippen LogP contribution is -2.02. The van der Waals surface area contributed by atoms with E-state index in [0.29, 0.717) is 31.4 Å². The van der Waals surface area contributed by atoms with E-state index in [1.165, 1.54) is 24.3 Å². The molecule has 0 aliphatic carbocycles. The third-order valence-corrected chi connectivity index (χ3v) is 5.79. The summed E-state index contributed by atoms with van der Waals surface area (Å²) in [6.45, 7) is 0.564. The summed E-state index contributed by atoms with van der Waals surface area (Å²) in [5.74, 6) is 5.02. The van der Waals surface area contributed by atoms with E-state index in [1.807, 2.05) is 42.5 Å². The Balaban J connectivity index is 1.39. The molecule has 4 aromatic carbocycles. The Hall–Kier alpha value is -3.55. The van der Waals surface area contributed by atoms with Crippen molar-refractivity contribution in [1.29, 1.82) is 0 Å².